The lowest BCUT2D eigenvalue weighted by molar-refractivity contribution is 0.151. The summed E-state index contributed by atoms with van der Waals surface area (Å²) in [6.07, 6.45) is -1.10. The summed E-state index contributed by atoms with van der Waals surface area (Å²) in [7, 11) is 0. The van der Waals surface area contributed by atoms with E-state index in [1.165, 1.54) is 12.1 Å². The molecule has 1 atom stereocenters. The van der Waals surface area contributed by atoms with E-state index in [-0.39, 0.29) is 11.7 Å². The third-order valence-corrected chi connectivity index (χ3v) is 2.53. The summed E-state index contributed by atoms with van der Waals surface area (Å²) in [5, 5.41) is 12.5. The number of halogens is 2. The van der Waals surface area contributed by atoms with Crippen molar-refractivity contribution < 1.29 is 13.9 Å². The van der Waals surface area contributed by atoms with Crippen LogP contribution in [0.4, 0.5) is 8.78 Å². The van der Waals surface area contributed by atoms with Crippen LogP contribution in [-0.2, 0) is 6.54 Å². The van der Waals surface area contributed by atoms with Crippen molar-refractivity contribution in [2.75, 3.05) is 6.54 Å². The number of hydrogen-bond donors (Lipinski definition) is 2. The van der Waals surface area contributed by atoms with Crippen LogP contribution in [0.15, 0.2) is 24.3 Å². The quantitative estimate of drug-likeness (QED) is 0.771. The molecule has 2 N–H and O–H groups in total. The summed E-state index contributed by atoms with van der Waals surface area (Å²) in [4.78, 5) is 0. The van der Waals surface area contributed by atoms with Gasteiger partial charge in [-0.3, -0.25) is 0 Å². The molecule has 0 amide bonds. The molecule has 1 aromatic rings. The first-order valence-corrected chi connectivity index (χ1v) is 5.89. The number of aliphatic hydroxyl groups excluding tert-OH is 1. The summed E-state index contributed by atoms with van der Waals surface area (Å²) < 4.78 is 24.9. The van der Waals surface area contributed by atoms with Crippen molar-refractivity contribution in [2.45, 2.75) is 38.8 Å². The lowest BCUT2D eigenvalue weighted by Gasteiger charge is -2.11. The molecule has 0 heterocycles. The standard InChI is InChI=1S/C13H19F2NO/c1-2-4-12(17)9-16-8-10-5-3-6-11(7-10)13(14)15/h3,5-7,12-13,16-17H,2,4,8-9H2,1H3. The Bertz CT molecular complexity index is 331. The van der Waals surface area contributed by atoms with Crippen molar-refractivity contribution in [3.8, 4) is 0 Å². The van der Waals surface area contributed by atoms with Crippen molar-refractivity contribution in [3.63, 3.8) is 0 Å². The van der Waals surface area contributed by atoms with E-state index in [2.05, 4.69) is 5.32 Å². The van der Waals surface area contributed by atoms with Gasteiger partial charge in [0.2, 0.25) is 0 Å². The average Bonchev–Trinajstić information content (AvgIpc) is 2.30. The summed E-state index contributed by atoms with van der Waals surface area (Å²) in [6.45, 7) is 3.00. The van der Waals surface area contributed by atoms with E-state index in [0.29, 0.717) is 13.1 Å². The Morgan fingerprint density at radius 1 is 1.35 bits per heavy atom. The summed E-state index contributed by atoms with van der Waals surface area (Å²) >= 11 is 0. The van der Waals surface area contributed by atoms with Gasteiger partial charge in [-0.2, -0.15) is 0 Å². The molecule has 1 unspecified atom stereocenters. The van der Waals surface area contributed by atoms with E-state index in [9.17, 15) is 13.9 Å². The van der Waals surface area contributed by atoms with Crippen LogP contribution in [0.25, 0.3) is 0 Å². The highest BCUT2D eigenvalue weighted by Crippen LogP contribution is 2.19. The fraction of sp³-hybridized carbons (Fsp3) is 0.538. The predicted molar refractivity (Wildman–Crippen MR) is 64.0 cm³/mol. The van der Waals surface area contributed by atoms with Crippen LogP contribution in [-0.4, -0.2) is 17.8 Å². The second-order valence-electron chi connectivity index (χ2n) is 4.12. The fourth-order valence-electron chi connectivity index (χ4n) is 1.66. The van der Waals surface area contributed by atoms with Crippen LogP contribution in [0.2, 0.25) is 0 Å². The number of benzene rings is 1. The first kappa shape index (κ1) is 14.1. The van der Waals surface area contributed by atoms with E-state index < -0.39 is 6.43 Å². The Labute approximate surface area is 101 Å². The smallest absolute Gasteiger partial charge is 0.263 e. The van der Waals surface area contributed by atoms with Crippen LogP contribution in [0.1, 0.15) is 37.3 Å². The Kier molecular flexibility index (Phi) is 6.08. The monoisotopic (exact) mass is 243 g/mol. The first-order chi connectivity index (χ1) is 8.13. The zero-order valence-corrected chi connectivity index (χ0v) is 10.00. The van der Waals surface area contributed by atoms with Crippen LogP contribution in [0, 0.1) is 0 Å². The molecule has 0 aromatic heterocycles. The van der Waals surface area contributed by atoms with E-state index in [0.717, 1.165) is 18.4 Å². The van der Waals surface area contributed by atoms with Gasteiger partial charge >= 0.3 is 0 Å². The Morgan fingerprint density at radius 2 is 2.12 bits per heavy atom. The van der Waals surface area contributed by atoms with E-state index in [4.69, 9.17) is 0 Å². The fourth-order valence-corrected chi connectivity index (χ4v) is 1.66. The topological polar surface area (TPSA) is 32.3 Å². The number of rotatable bonds is 7. The number of alkyl halides is 2. The molecule has 1 aromatic carbocycles. The molecule has 1 rings (SSSR count). The molecule has 17 heavy (non-hydrogen) atoms. The van der Waals surface area contributed by atoms with E-state index in [1.54, 1.807) is 12.1 Å². The van der Waals surface area contributed by atoms with Gasteiger partial charge < -0.3 is 10.4 Å². The Morgan fingerprint density at radius 3 is 2.76 bits per heavy atom. The van der Waals surface area contributed by atoms with Crippen molar-refractivity contribution in [3.05, 3.63) is 35.4 Å². The molecule has 0 aliphatic heterocycles. The molecule has 0 radical (unpaired) electrons. The van der Waals surface area contributed by atoms with Gasteiger partial charge in [-0.15, -0.1) is 0 Å². The molecular formula is C13H19F2NO. The third-order valence-electron chi connectivity index (χ3n) is 2.53. The number of hydrogen-bond acceptors (Lipinski definition) is 2. The van der Waals surface area contributed by atoms with E-state index >= 15 is 0 Å². The highest BCUT2D eigenvalue weighted by atomic mass is 19.3. The molecular weight excluding hydrogens is 224 g/mol. The van der Waals surface area contributed by atoms with Crippen LogP contribution < -0.4 is 5.32 Å². The maximum Gasteiger partial charge on any atom is 0.263 e. The van der Waals surface area contributed by atoms with Gasteiger partial charge in [0, 0.05) is 18.7 Å². The van der Waals surface area contributed by atoms with Gasteiger partial charge in [0.05, 0.1) is 6.10 Å². The van der Waals surface area contributed by atoms with E-state index in [1.807, 2.05) is 6.92 Å². The maximum absolute atomic E-state index is 12.4. The molecule has 0 fully saturated rings. The molecule has 0 aliphatic carbocycles. The first-order valence-electron chi connectivity index (χ1n) is 5.89. The summed E-state index contributed by atoms with van der Waals surface area (Å²) in [6, 6.07) is 6.33. The maximum atomic E-state index is 12.4. The van der Waals surface area contributed by atoms with Crippen molar-refractivity contribution in [1.29, 1.82) is 0 Å². The molecule has 4 heteroatoms. The molecule has 0 saturated heterocycles. The second kappa shape index (κ2) is 7.35. The lowest BCUT2D eigenvalue weighted by Crippen LogP contribution is -2.26. The highest BCUT2D eigenvalue weighted by Gasteiger charge is 2.07. The predicted octanol–water partition coefficient (Wildman–Crippen LogP) is 2.87. The molecule has 0 aliphatic rings. The average molecular weight is 243 g/mol. The van der Waals surface area contributed by atoms with Crippen molar-refractivity contribution in [1.82, 2.24) is 5.32 Å². The molecule has 2 nitrogen and oxygen atoms in total. The minimum atomic E-state index is -2.43. The molecule has 0 saturated carbocycles. The largest absolute Gasteiger partial charge is 0.392 e. The van der Waals surface area contributed by atoms with Gasteiger partial charge in [0.15, 0.2) is 0 Å². The van der Waals surface area contributed by atoms with Crippen LogP contribution in [0.3, 0.4) is 0 Å². The highest BCUT2D eigenvalue weighted by molar-refractivity contribution is 5.24. The van der Waals surface area contributed by atoms with Gasteiger partial charge in [-0.1, -0.05) is 31.5 Å². The number of nitrogens with one attached hydrogen (secondary N) is 1. The minimum absolute atomic E-state index is 0.0402. The van der Waals surface area contributed by atoms with Crippen LogP contribution >= 0.6 is 0 Å². The molecule has 0 spiro atoms. The van der Waals surface area contributed by atoms with Crippen molar-refractivity contribution >= 4 is 0 Å². The Balaban J connectivity index is 2.38. The SMILES string of the molecule is CCCC(O)CNCc1cccc(C(F)F)c1. The zero-order chi connectivity index (χ0) is 12.7. The van der Waals surface area contributed by atoms with Gasteiger partial charge in [0.25, 0.3) is 6.43 Å². The normalized spacial score (nSPS) is 13.0. The molecule has 96 valence electrons. The second-order valence-corrected chi connectivity index (χ2v) is 4.12. The van der Waals surface area contributed by atoms with Crippen molar-refractivity contribution in [2.24, 2.45) is 0 Å². The lowest BCUT2D eigenvalue weighted by atomic mass is 10.1. The Hall–Kier alpha value is -1.00. The van der Waals surface area contributed by atoms with Gasteiger partial charge in [-0.05, 0) is 18.1 Å². The number of aliphatic hydroxyl groups is 1. The minimum Gasteiger partial charge on any atom is -0.392 e. The summed E-state index contributed by atoms with van der Waals surface area (Å²) in [5.74, 6) is 0. The van der Waals surface area contributed by atoms with Gasteiger partial charge in [0.1, 0.15) is 0 Å². The van der Waals surface area contributed by atoms with Crippen LogP contribution in [0.5, 0.6) is 0 Å². The van der Waals surface area contributed by atoms with Gasteiger partial charge in [-0.25, -0.2) is 8.78 Å². The molecule has 0 bridgehead atoms. The zero-order valence-electron chi connectivity index (χ0n) is 10.00. The third kappa shape index (κ3) is 5.24. The summed E-state index contributed by atoms with van der Waals surface area (Å²) in [5.41, 5.74) is 0.852.